The topological polar surface area (TPSA) is 68.9 Å². The van der Waals surface area contributed by atoms with Crippen LogP contribution in [-0.2, 0) is 13.0 Å². The van der Waals surface area contributed by atoms with Gasteiger partial charge in [0.1, 0.15) is 5.82 Å². The highest BCUT2D eigenvalue weighted by Crippen LogP contribution is 2.18. The normalized spacial score (nSPS) is 10.8. The van der Waals surface area contributed by atoms with E-state index in [-0.39, 0.29) is 17.3 Å². The van der Waals surface area contributed by atoms with Gasteiger partial charge in [-0.25, -0.2) is 9.07 Å². The number of aromatic nitrogens is 3. The van der Waals surface area contributed by atoms with Gasteiger partial charge in [0.05, 0.1) is 29.7 Å². The molecule has 0 saturated carbocycles. The lowest BCUT2D eigenvalue weighted by molar-refractivity contribution is 0.102. The zero-order chi connectivity index (χ0) is 21.8. The summed E-state index contributed by atoms with van der Waals surface area (Å²) < 4.78 is 16.5. The van der Waals surface area contributed by atoms with Crippen LogP contribution < -0.4 is 10.9 Å². The van der Waals surface area contributed by atoms with E-state index in [1.807, 2.05) is 25.1 Å². The molecule has 2 aromatic carbocycles. The quantitative estimate of drug-likeness (QED) is 0.516. The number of amides is 1. The number of rotatable bonds is 6. The molecule has 156 valence electrons. The van der Waals surface area contributed by atoms with Crippen LogP contribution in [0, 0.1) is 5.82 Å². The Bertz CT molecular complexity index is 1260. The number of carbonyl (C=O) groups is 1. The van der Waals surface area contributed by atoms with Crippen molar-refractivity contribution < 1.29 is 9.18 Å². The first kappa shape index (κ1) is 20.3. The Morgan fingerprint density at radius 2 is 1.77 bits per heavy atom. The Balaban J connectivity index is 1.50. The van der Waals surface area contributed by atoms with Crippen LogP contribution >= 0.6 is 0 Å². The van der Waals surface area contributed by atoms with Crippen LogP contribution in [0.5, 0.6) is 0 Å². The lowest BCUT2D eigenvalue weighted by Crippen LogP contribution is -2.18. The summed E-state index contributed by atoms with van der Waals surface area (Å²) in [5.41, 5.74) is 3.43. The van der Waals surface area contributed by atoms with Crippen molar-refractivity contribution in [1.82, 2.24) is 14.3 Å². The number of anilines is 1. The van der Waals surface area contributed by atoms with Crippen molar-refractivity contribution in [2.45, 2.75) is 19.9 Å². The second-order valence-corrected chi connectivity index (χ2v) is 7.06. The SMILES string of the molecule is CCc1c(C(=O)Nc2ccc(Cn3ccccc3=O)cc2)cnn1-c1ccc(F)cc1. The Hall–Kier alpha value is -4.00. The van der Waals surface area contributed by atoms with E-state index in [1.165, 1.54) is 24.4 Å². The number of halogens is 1. The molecule has 0 aliphatic rings. The van der Waals surface area contributed by atoms with Crippen molar-refractivity contribution in [3.05, 3.63) is 112 Å². The highest BCUT2D eigenvalue weighted by atomic mass is 19.1. The Morgan fingerprint density at radius 1 is 1.03 bits per heavy atom. The van der Waals surface area contributed by atoms with Gasteiger partial charge >= 0.3 is 0 Å². The monoisotopic (exact) mass is 416 g/mol. The zero-order valence-corrected chi connectivity index (χ0v) is 17.0. The summed E-state index contributed by atoms with van der Waals surface area (Å²) in [6.07, 6.45) is 3.85. The van der Waals surface area contributed by atoms with Crippen LogP contribution in [0.25, 0.3) is 5.69 Å². The largest absolute Gasteiger partial charge is 0.322 e. The molecular weight excluding hydrogens is 395 g/mol. The average molecular weight is 416 g/mol. The molecule has 6 nitrogen and oxygen atoms in total. The molecule has 0 fully saturated rings. The van der Waals surface area contributed by atoms with Gasteiger partial charge in [0.2, 0.25) is 0 Å². The van der Waals surface area contributed by atoms with E-state index in [4.69, 9.17) is 0 Å². The standard InChI is InChI=1S/C24H21FN4O2/c1-2-22-21(15-26-29(22)20-12-8-18(25)9-13-20)24(31)27-19-10-6-17(7-11-19)16-28-14-4-3-5-23(28)30/h3-15H,2,16H2,1H3,(H,27,31). The molecule has 0 unspecified atom stereocenters. The Morgan fingerprint density at radius 3 is 2.45 bits per heavy atom. The molecule has 1 N–H and O–H groups in total. The molecule has 7 heteroatoms. The minimum Gasteiger partial charge on any atom is -0.322 e. The van der Waals surface area contributed by atoms with Crippen LogP contribution in [0.1, 0.15) is 28.5 Å². The minimum atomic E-state index is -0.326. The van der Waals surface area contributed by atoms with Gasteiger partial charge in [-0.2, -0.15) is 5.10 Å². The second kappa shape index (κ2) is 8.79. The molecule has 0 spiro atoms. The van der Waals surface area contributed by atoms with Gasteiger partial charge in [0, 0.05) is 18.0 Å². The Labute approximate surface area is 178 Å². The van der Waals surface area contributed by atoms with Gasteiger partial charge in [0.15, 0.2) is 0 Å². The smallest absolute Gasteiger partial charge is 0.259 e. The predicted octanol–water partition coefficient (Wildman–Crippen LogP) is 4.04. The second-order valence-electron chi connectivity index (χ2n) is 7.06. The molecule has 0 aliphatic carbocycles. The van der Waals surface area contributed by atoms with Crippen molar-refractivity contribution in [3.8, 4) is 5.69 Å². The molecule has 4 aromatic rings. The molecule has 2 heterocycles. The maximum atomic E-state index is 13.2. The summed E-state index contributed by atoms with van der Waals surface area (Å²) in [7, 11) is 0. The first-order chi connectivity index (χ1) is 15.0. The lowest BCUT2D eigenvalue weighted by Gasteiger charge is -2.10. The van der Waals surface area contributed by atoms with Crippen molar-refractivity contribution in [3.63, 3.8) is 0 Å². The summed E-state index contributed by atoms with van der Waals surface area (Å²) >= 11 is 0. The molecule has 0 radical (unpaired) electrons. The van der Waals surface area contributed by atoms with E-state index in [0.717, 1.165) is 11.3 Å². The van der Waals surface area contributed by atoms with Crippen molar-refractivity contribution in [1.29, 1.82) is 0 Å². The molecule has 2 aromatic heterocycles. The van der Waals surface area contributed by atoms with Gasteiger partial charge in [0.25, 0.3) is 11.5 Å². The molecular formula is C24H21FN4O2. The number of benzene rings is 2. The molecule has 4 rings (SSSR count). The van der Waals surface area contributed by atoms with Crippen LogP contribution in [0.15, 0.2) is 83.9 Å². The summed E-state index contributed by atoms with van der Waals surface area (Å²) in [5.74, 6) is -0.593. The first-order valence-corrected chi connectivity index (χ1v) is 9.93. The van der Waals surface area contributed by atoms with Gasteiger partial charge in [-0.3, -0.25) is 9.59 Å². The summed E-state index contributed by atoms with van der Waals surface area (Å²) in [4.78, 5) is 24.7. The van der Waals surface area contributed by atoms with Crippen molar-refractivity contribution in [2.75, 3.05) is 5.32 Å². The van der Waals surface area contributed by atoms with Gasteiger partial charge in [-0.05, 0) is 54.4 Å². The third-order valence-electron chi connectivity index (χ3n) is 4.98. The summed E-state index contributed by atoms with van der Waals surface area (Å²) in [5, 5.41) is 7.21. The Kier molecular flexibility index (Phi) is 5.75. The number of nitrogens with zero attached hydrogens (tertiary/aromatic N) is 3. The maximum Gasteiger partial charge on any atom is 0.259 e. The molecule has 0 atom stereocenters. The summed E-state index contributed by atoms with van der Waals surface area (Å²) in [6.45, 7) is 2.40. The fourth-order valence-corrected chi connectivity index (χ4v) is 3.39. The number of carbonyl (C=O) groups excluding carboxylic acids is 1. The van der Waals surface area contributed by atoms with Gasteiger partial charge in [-0.1, -0.05) is 25.1 Å². The number of hydrogen-bond acceptors (Lipinski definition) is 3. The third-order valence-corrected chi connectivity index (χ3v) is 4.98. The highest BCUT2D eigenvalue weighted by molar-refractivity contribution is 6.05. The number of pyridine rings is 1. The van der Waals surface area contributed by atoms with E-state index >= 15 is 0 Å². The molecule has 0 bridgehead atoms. The van der Waals surface area contributed by atoms with Crippen LogP contribution in [0.3, 0.4) is 0 Å². The third kappa shape index (κ3) is 4.45. The molecule has 0 aliphatic heterocycles. The van der Waals surface area contributed by atoms with E-state index in [9.17, 15) is 14.0 Å². The van der Waals surface area contributed by atoms with Gasteiger partial charge in [-0.15, -0.1) is 0 Å². The zero-order valence-electron chi connectivity index (χ0n) is 17.0. The van der Waals surface area contributed by atoms with E-state index in [0.29, 0.717) is 29.9 Å². The summed E-state index contributed by atoms with van der Waals surface area (Å²) in [6, 6.07) is 18.4. The fraction of sp³-hybridized carbons (Fsp3) is 0.125. The van der Waals surface area contributed by atoms with E-state index < -0.39 is 0 Å². The van der Waals surface area contributed by atoms with Gasteiger partial charge < -0.3 is 9.88 Å². The number of nitrogens with one attached hydrogen (secondary N) is 1. The maximum absolute atomic E-state index is 13.2. The number of hydrogen-bond donors (Lipinski definition) is 1. The van der Waals surface area contributed by atoms with Crippen LogP contribution in [-0.4, -0.2) is 20.3 Å². The van der Waals surface area contributed by atoms with E-state index in [1.54, 1.807) is 45.8 Å². The molecule has 31 heavy (non-hydrogen) atoms. The van der Waals surface area contributed by atoms with Crippen molar-refractivity contribution in [2.24, 2.45) is 0 Å². The molecule has 0 saturated heterocycles. The van der Waals surface area contributed by atoms with Crippen LogP contribution in [0.2, 0.25) is 0 Å². The lowest BCUT2D eigenvalue weighted by atomic mass is 10.1. The first-order valence-electron chi connectivity index (χ1n) is 9.93. The van der Waals surface area contributed by atoms with Crippen LogP contribution in [0.4, 0.5) is 10.1 Å². The van der Waals surface area contributed by atoms with Crippen molar-refractivity contribution >= 4 is 11.6 Å². The molecule has 1 amide bonds. The fourth-order valence-electron chi connectivity index (χ4n) is 3.39. The average Bonchev–Trinajstić information content (AvgIpc) is 3.21. The predicted molar refractivity (Wildman–Crippen MR) is 117 cm³/mol. The highest BCUT2D eigenvalue weighted by Gasteiger charge is 2.17. The minimum absolute atomic E-state index is 0.0647. The van der Waals surface area contributed by atoms with E-state index in [2.05, 4.69) is 10.4 Å².